The summed E-state index contributed by atoms with van der Waals surface area (Å²) < 4.78 is 71.6. The number of para-hydroxylation sites is 1. The highest BCUT2D eigenvalue weighted by Gasteiger charge is 2.34. The van der Waals surface area contributed by atoms with E-state index in [1.807, 2.05) is 0 Å². The summed E-state index contributed by atoms with van der Waals surface area (Å²) in [7, 11) is -4.40. The fourth-order valence-corrected chi connectivity index (χ4v) is 4.98. The number of carboxylic acid groups (broad SMARTS) is 1. The molecule has 190 valence electrons. The zero-order chi connectivity index (χ0) is 26.1. The van der Waals surface area contributed by atoms with Gasteiger partial charge >= 0.3 is 12.5 Å². The van der Waals surface area contributed by atoms with Crippen LogP contribution in [0.3, 0.4) is 0 Å². The van der Waals surface area contributed by atoms with E-state index in [1.54, 1.807) is 18.2 Å². The van der Waals surface area contributed by atoms with Crippen LogP contribution in [0.15, 0.2) is 59.6 Å². The van der Waals surface area contributed by atoms with Crippen LogP contribution in [0.25, 0.3) is 10.9 Å². The van der Waals surface area contributed by atoms with Gasteiger partial charge in [-0.25, -0.2) is 13.2 Å². The Hall–Kier alpha value is -4.07. The van der Waals surface area contributed by atoms with Crippen molar-refractivity contribution >= 4 is 38.6 Å². The molecule has 0 aliphatic carbocycles. The third-order valence-electron chi connectivity index (χ3n) is 5.42. The van der Waals surface area contributed by atoms with Crippen molar-refractivity contribution in [2.45, 2.75) is 11.3 Å². The van der Waals surface area contributed by atoms with E-state index in [4.69, 9.17) is 5.11 Å². The second-order valence-corrected chi connectivity index (χ2v) is 9.41. The number of hydrogen-bond acceptors (Lipinski definition) is 6. The fraction of sp³-hybridized carbons (Fsp3) is 0.227. The molecule has 2 aromatic carbocycles. The molecule has 1 fully saturated rings. The van der Waals surface area contributed by atoms with Gasteiger partial charge in [0.15, 0.2) is 5.75 Å². The molecule has 2 heterocycles. The van der Waals surface area contributed by atoms with E-state index in [2.05, 4.69) is 14.4 Å². The number of fused-ring (bicyclic) bond motifs is 1. The predicted octanol–water partition coefficient (Wildman–Crippen LogP) is 3.37. The summed E-state index contributed by atoms with van der Waals surface area (Å²) >= 11 is 0. The lowest BCUT2D eigenvalue weighted by molar-refractivity contribution is -0.274. The molecule has 3 aromatic rings. The molecule has 0 radical (unpaired) electrons. The van der Waals surface area contributed by atoms with E-state index < -0.39 is 39.8 Å². The highest BCUT2D eigenvalue weighted by Crippen LogP contribution is 2.34. The van der Waals surface area contributed by atoms with Crippen molar-refractivity contribution in [3.63, 3.8) is 0 Å². The average molecular weight is 524 g/mol. The van der Waals surface area contributed by atoms with E-state index in [0.717, 1.165) is 23.1 Å². The summed E-state index contributed by atoms with van der Waals surface area (Å²) in [4.78, 5) is 30.1. The SMILES string of the molecule is O=C(O)N1CCN(C(=O)c2ccc(NS(=O)(=O)c3cccc4cccnc34)c(OC(F)(F)F)c2)CC1. The molecular formula is C22H19F3N4O6S. The van der Waals surface area contributed by atoms with E-state index in [9.17, 15) is 31.2 Å². The van der Waals surface area contributed by atoms with E-state index in [1.165, 1.54) is 23.2 Å². The van der Waals surface area contributed by atoms with Gasteiger partial charge in [-0.05, 0) is 30.3 Å². The first-order chi connectivity index (χ1) is 16.9. The van der Waals surface area contributed by atoms with Crippen molar-refractivity contribution < 1.29 is 41.0 Å². The van der Waals surface area contributed by atoms with E-state index in [0.29, 0.717) is 5.39 Å². The lowest BCUT2D eigenvalue weighted by Gasteiger charge is -2.33. The number of rotatable bonds is 5. The third-order valence-corrected chi connectivity index (χ3v) is 6.82. The van der Waals surface area contributed by atoms with Crippen molar-refractivity contribution in [2.24, 2.45) is 0 Å². The van der Waals surface area contributed by atoms with Crippen LogP contribution < -0.4 is 9.46 Å². The predicted molar refractivity (Wildman–Crippen MR) is 121 cm³/mol. The summed E-state index contributed by atoms with van der Waals surface area (Å²) in [5.74, 6) is -1.57. The molecule has 0 spiro atoms. The summed E-state index contributed by atoms with van der Waals surface area (Å²) in [5.41, 5.74) is -0.599. The van der Waals surface area contributed by atoms with Gasteiger partial charge in [-0.3, -0.25) is 14.5 Å². The van der Waals surface area contributed by atoms with Crippen molar-refractivity contribution in [3.05, 3.63) is 60.3 Å². The molecule has 0 bridgehead atoms. The maximum atomic E-state index is 13.1. The fourth-order valence-electron chi connectivity index (χ4n) is 3.73. The van der Waals surface area contributed by atoms with Crippen LogP contribution in [-0.4, -0.2) is 72.8 Å². The Morgan fingerprint density at radius 1 is 1.00 bits per heavy atom. The van der Waals surface area contributed by atoms with Gasteiger partial charge in [0.25, 0.3) is 15.9 Å². The maximum absolute atomic E-state index is 13.1. The minimum atomic E-state index is -5.17. The average Bonchev–Trinajstić information content (AvgIpc) is 2.83. The van der Waals surface area contributed by atoms with Crippen LogP contribution in [0.4, 0.5) is 23.7 Å². The van der Waals surface area contributed by atoms with Crippen LogP contribution >= 0.6 is 0 Å². The Labute approximate surface area is 202 Å². The molecule has 4 rings (SSSR count). The monoisotopic (exact) mass is 524 g/mol. The number of ether oxygens (including phenoxy) is 1. The van der Waals surface area contributed by atoms with Gasteiger partial charge in [0, 0.05) is 43.3 Å². The minimum absolute atomic E-state index is 0.0447. The smallest absolute Gasteiger partial charge is 0.465 e. The molecule has 1 aliphatic rings. The number of hydrogen-bond donors (Lipinski definition) is 2. The van der Waals surface area contributed by atoms with Crippen molar-refractivity contribution in [3.8, 4) is 5.75 Å². The number of benzene rings is 2. The van der Waals surface area contributed by atoms with E-state index >= 15 is 0 Å². The number of nitrogens with one attached hydrogen (secondary N) is 1. The molecule has 1 saturated heterocycles. The van der Waals surface area contributed by atoms with Gasteiger partial charge < -0.3 is 19.6 Å². The lowest BCUT2D eigenvalue weighted by atomic mass is 10.1. The van der Waals surface area contributed by atoms with Crippen molar-refractivity contribution in [1.29, 1.82) is 0 Å². The Bertz CT molecular complexity index is 1420. The molecule has 2 amide bonds. The lowest BCUT2D eigenvalue weighted by Crippen LogP contribution is -2.50. The Morgan fingerprint density at radius 2 is 1.67 bits per heavy atom. The molecule has 1 aromatic heterocycles. The zero-order valence-electron chi connectivity index (χ0n) is 18.4. The summed E-state index contributed by atoms with van der Waals surface area (Å²) in [6.45, 7) is 0.181. The second kappa shape index (κ2) is 9.53. The summed E-state index contributed by atoms with van der Waals surface area (Å²) in [5, 5.41) is 9.54. The van der Waals surface area contributed by atoms with Crippen LogP contribution in [-0.2, 0) is 10.0 Å². The van der Waals surface area contributed by atoms with Gasteiger partial charge in [0.2, 0.25) is 0 Å². The van der Waals surface area contributed by atoms with Crippen molar-refractivity contribution in [1.82, 2.24) is 14.8 Å². The Morgan fingerprint density at radius 3 is 2.33 bits per heavy atom. The molecule has 0 unspecified atom stereocenters. The van der Waals surface area contributed by atoms with Crippen LogP contribution in [0, 0.1) is 0 Å². The number of nitrogens with zero attached hydrogens (tertiary/aromatic N) is 3. The quantitative estimate of drug-likeness (QED) is 0.524. The number of alkyl halides is 3. The molecule has 36 heavy (non-hydrogen) atoms. The molecule has 0 saturated carbocycles. The number of sulfonamides is 1. The first-order valence-electron chi connectivity index (χ1n) is 10.5. The first kappa shape index (κ1) is 25.0. The number of halogens is 3. The normalized spacial score (nSPS) is 14.5. The van der Waals surface area contributed by atoms with Crippen LogP contribution in [0.2, 0.25) is 0 Å². The molecule has 1 aliphatic heterocycles. The standard InChI is InChI=1S/C22H19F3N4O6S/c23-22(24,25)35-17-13-15(20(30)28-9-11-29(12-10-28)21(31)32)6-7-16(17)27-36(33,34)18-5-1-3-14-4-2-8-26-19(14)18/h1-8,13,27H,9-12H2,(H,31,32). The molecular weight excluding hydrogens is 505 g/mol. The zero-order valence-corrected chi connectivity index (χ0v) is 19.2. The Balaban J connectivity index is 1.65. The number of amides is 2. The van der Waals surface area contributed by atoms with Crippen molar-refractivity contribution in [2.75, 3.05) is 30.9 Å². The number of carbonyl (C=O) groups excluding carboxylic acids is 1. The van der Waals surface area contributed by atoms with Gasteiger partial charge in [-0.1, -0.05) is 18.2 Å². The largest absolute Gasteiger partial charge is 0.573 e. The number of pyridine rings is 1. The highest BCUT2D eigenvalue weighted by molar-refractivity contribution is 7.93. The van der Waals surface area contributed by atoms with Gasteiger partial charge in [-0.2, -0.15) is 0 Å². The topological polar surface area (TPSA) is 129 Å². The molecule has 2 N–H and O–H groups in total. The summed E-state index contributed by atoms with van der Waals surface area (Å²) in [6, 6.07) is 10.6. The van der Waals surface area contributed by atoms with E-state index in [-0.39, 0.29) is 42.2 Å². The number of anilines is 1. The second-order valence-electron chi connectivity index (χ2n) is 7.76. The first-order valence-corrected chi connectivity index (χ1v) is 12.0. The molecule has 14 heteroatoms. The number of aromatic nitrogens is 1. The van der Waals surface area contributed by atoms with Gasteiger partial charge in [0.1, 0.15) is 4.90 Å². The summed E-state index contributed by atoms with van der Waals surface area (Å²) in [6.07, 6.45) is -4.92. The van der Waals surface area contributed by atoms with Crippen LogP contribution in [0.5, 0.6) is 5.75 Å². The third kappa shape index (κ3) is 5.43. The molecule has 10 nitrogen and oxygen atoms in total. The van der Waals surface area contributed by atoms with Crippen LogP contribution in [0.1, 0.15) is 10.4 Å². The number of piperazine rings is 1. The maximum Gasteiger partial charge on any atom is 0.573 e. The number of carbonyl (C=O) groups is 2. The molecule has 0 atom stereocenters. The van der Waals surface area contributed by atoms with Gasteiger partial charge in [0.05, 0.1) is 11.2 Å². The minimum Gasteiger partial charge on any atom is -0.465 e. The highest BCUT2D eigenvalue weighted by atomic mass is 32.2. The van der Waals surface area contributed by atoms with Gasteiger partial charge in [-0.15, -0.1) is 13.2 Å². The Kier molecular flexibility index (Phi) is 6.63.